The Kier molecular flexibility index (Phi) is 9.73. The minimum atomic E-state index is -0.940. The molecule has 0 unspecified atom stereocenters. The van der Waals surface area contributed by atoms with Crippen LogP contribution in [0.5, 0.6) is 5.75 Å². The average Bonchev–Trinajstić information content (AvgIpc) is 3.04. The van der Waals surface area contributed by atoms with Gasteiger partial charge in [0, 0.05) is 19.5 Å². The summed E-state index contributed by atoms with van der Waals surface area (Å²) in [6, 6.07) is 19.5. The van der Waals surface area contributed by atoms with E-state index in [-0.39, 0.29) is 69.0 Å². The van der Waals surface area contributed by atoms with E-state index in [0.717, 1.165) is 11.1 Å². The van der Waals surface area contributed by atoms with Crippen molar-refractivity contribution in [2.45, 2.75) is 38.6 Å². The summed E-state index contributed by atoms with van der Waals surface area (Å²) in [6.45, 7) is 6.14. The number of nitrogens with zero attached hydrogens (tertiary/aromatic N) is 5. The van der Waals surface area contributed by atoms with Crippen molar-refractivity contribution in [3.8, 4) is 5.75 Å². The van der Waals surface area contributed by atoms with Crippen LogP contribution < -0.4 is 5.32 Å². The summed E-state index contributed by atoms with van der Waals surface area (Å²) in [5, 5.41) is 15.9. The Morgan fingerprint density at radius 3 is 2.51 bits per heavy atom. The van der Waals surface area contributed by atoms with Gasteiger partial charge in [0.15, 0.2) is 0 Å². The second-order valence-corrected chi connectivity index (χ2v) is 10.7. The quantitative estimate of drug-likeness (QED) is 0.264. The molecule has 2 atom stereocenters. The second kappa shape index (κ2) is 14.0. The molecule has 2 fully saturated rings. The third-order valence-corrected chi connectivity index (χ3v) is 7.67. The summed E-state index contributed by atoms with van der Waals surface area (Å²) >= 11 is 0. The van der Waals surface area contributed by atoms with E-state index in [1.807, 2.05) is 30.3 Å². The molecule has 0 radical (unpaired) electrons. The number of ether oxygens (including phenoxy) is 1. The fraction of sp³-hybridized carbons (Fsp3) is 0.303. The first-order valence-corrected chi connectivity index (χ1v) is 14.8. The fourth-order valence-electron chi connectivity index (χ4n) is 5.64. The second-order valence-electron chi connectivity index (χ2n) is 10.7. The predicted octanol–water partition coefficient (Wildman–Crippen LogP) is 2.70. The van der Waals surface area contributed by atoms with Gasteiger partial charge in [0.25, 0.3) is 0 Å². The molecule has 1 aromatic heterocycles. The van der Waals surface area contributed by atoms with Crippen LogP contribution in [0.15, 0.2) is 85.5 Å². The zero-order valence-corrected chi connectivity index (χ0v) is 25.0. The third kappa shape index (κ3) is 7.13. The van der Waals surface area contributed by atoms with Gasteiger partial charge >= 0.3 is 12.0 Å². The molecular formula is C33H36N6O6. The highest BCUT2D eigenvalue weighted by molar-refractivity contribution is 5.92. The molecule has 0 spiro atoms. The maximum absolute atomic E-state index is 14.1. The number of aromatic hydroxyl groups is 1. The molecule has 45 heavy (non-hydrogen) atoms. The lowest BCUT2D eigenvalue weighted by Crippen LogP contribution is -2.76. The molecule has 3 aromatic rings. The number of pyridine rings is 1. The highest BCUT2D eigenvalue weighted by Crippen LogP contribution is 2.29. The molecule has 2 saturated heterocycles. The van der Waals surface area contributed by atoms with Gasteiger partial charge in [-0.15, -0.1) is 6.58 Å². The maximum atomic E-state index is 14.1. The van der Waals surface area contributed by atoms with Crippen molar-refractivity contribution in [1.82, 2.24) is 30.1 Å². The smallest absolute Gasteiger partial charge is 0.356 e. The minimum Gasteiger partial charge on any atom is -0.508 e. The fourth-order valence-corrected chi connectivity index (χ4v) is 5.64. The Morgan fingerprint density at radius 2 is 1.80 bits per heavy atom. The molecule has 2 aliphatic rings. The topological polar surface area (TPSA) is 136 Å². The van der Waals surface area contributed by atoms with Gasteiger partial charge in [-0.25, -0.2) is 24.6 Å². The van der Waals surface area contributed by atoms with Crippen molar-refractivity contribution in [3.05, 3.63) is 108 Å². The number of piperazine rings is 1. The highest BCUT2D eigenvalue weighted by atomic mass is 16.5. The molecule has 2 N–H and O–H groups in total. The van der Waals surface area contributed by atoms with Crippen LogP contribution in [0.1, 0.15) is 34.2 Å². The molecule has 0 saturated carbocycles. The number of phenolic OH excluding ortho intramolecular Hbond substituents is 1. The first kappa shape index (κ1) is 31.2. The van der Waals surface area contributed by atoms with Crippen molar-refractivity contribution < 1.29 is 29.0 Å². The number of carbonyl (C=O) groups is 4. The molecule has 2 aromatic carbocycles. The monoisotopic (exact) mass is 612 g/mol. The van der Waals surface area contributed by atoms with Crippen molar-refractivity contribution in [3.63, 3.8) is 0 Å². The van der Waals surface area contributed by atoms with E-state index in [9.17, 15) is 24.3 Å². The van der Waals surface area contributed by atoms with E-state index < -0.39 is 24.2 Å². The molecule has 12 nitrogen and oxygen atoms in total. The number of phenols is 1. The van der Waals surface area contributed by atoms with Crippen LogP contribution in [0.4, 0.5) is 4.79 Å². The van der Waals surface area contributed by atoms with Gasteiger partial charge in [0.1, 0.15) is 23.7 Å². The number of hydrogen-bond donors (Lipinski definition) is 2. The molecule has 234 valence electrons. The Labute approximate surface area is 261 Å². The molecule has 5 rings (SSSR count). The average molecular weight is 613 g/mol. The van der Waals surface area contributed by atoms with Crippen LogP contribution in [0.2, 0.25) is 0 Å². The first-order chi connectivity index (χ1) is 21.8. The summed E-state index contributed by atoms with van der Waals surface area (Å²) in [4.78, 5) is 61.5. The summed E-state index contributed by atoms with van der Waals surface area (Å²) in [6.07, 6.45) is 0.940. The number of hydrazine groups is 1. The number of carbonyl (C=O) groups excluding carboxylic acids is 4. The molecular weight excluding hydrogens is 576 g/mol. The zero-order valence-electron chi connectivity index (χ0n) is 25.0. The number of aromatic nitrogens is 1. The van der Waals surface area contributed by atoms with Gasteiger partial charge in [-0.05, 0) is 42.3 Å². The molecule has 2 aliphatic heterocycles. The lowest BCUT2D eigenvalue weighted by Gasteiger charge is -2.55. The van der Waals surface area contributed by atoms with E-state index >= 15 is 0 Å². The Bertz CT molecular complexity index is 1550. The number of urea groups is 1. The SMILES string of the molecule is C=CCN1CC(=O)N2[C@@H](Cc3ccc(O)cc3)C(=O)N(Cc3cccc(C(=O)OCC)n3)C[C@@H]2N1C(=O)NCc1ccccc1. The van der Waals surface area contributed by atoms with Gasteiger partial charge in [0.05, 0.1) is 31.9 Å². The highest BCUT2D eigenvalue weighted by Gasteiger charge is 2.51. The number of fused-ring (bicyclic) bond motifs is 1. The van der Waals surface area contributed by atoms with Gasteiger partial charge in [-0.3, -0.25) is 9.59 Å². The predicted molar refractivity (Wildman–Crippen MR) is 164 cm³/mol. The number of amides is 4. The van der Waals surface area contributed by atoms with E-state index in [0.29, 0.717) is 5.69 Å². The Balaban J connectivity index is 1.49. The van der Waals surface area contributed by atoms with E-state index in [1.165, 1.54) is 22.0 Å². The lowest BCUT2D eigenvalue weighted by molar-refractivity contribution is -0.189. The van der Waals surface area contributed by atoms with Gasteiger partial charge in [0.2, 0.25) is 11.8 Å². The van der Waals surface area contributed by atoms with E-state index in [2.05, 4.69) is 16.9 Å². The van der Waals surface area contributed by atoms with Crippen LogP contribution in [0.3, 0.4) is 0 Å². The van der Waals surface area contributed by atoms with E-state index in [1.54, 1.807) is 53.2 Å². The number of esters is 1. The van der Waals surface area contributed by atoms with Crippen molar-refractivity contribution in [2.24, 2.45) is 0 Å². The zero-order chi connectivity index (χ0) is 31.9. The summed E-state index contributed by atoms with van der Waals surface area (Å²) < 4.78 is 5.09. The molecule has 0 bridgehead atoms. The van der Waals surface area contributed by atoms with Crippen molar-refractivity contribution in [2.75, 3.05) is 26.2 Å². The van der Waals surface area contributed by atoms with Gasteiger partial charge in [-0.1, -0.05) is 54.6 Å². The van der Waals surface area contributed by atoms with Crippen molar-refractivity contribution >= 4 is 23.8 Å². The Morgan fingerprint density at radius 1 is 1.04 bits per heavy atom. The summed E-state index contributed by atoms with van der Waals surface area (Å²) in [5.74, 6) is -1.11. The number of rotatable bonds is 10. The van der Waals surface area contributed by atoms with Crippen LogP contribution in [-0.4, -0.2) is 92.2 Å². The first-order valence-electron chi connectivity index (χ1n) is 14.8. The van der Waals surface area contributed by atoms with E-state index in [4.69, 9.17) is 4.74 Å². The van der Waals surface area contributed by atoms with Crippen LogP contribution >= 0.6 is 0 Å². The van der Waals surface area contributed by atoms with Crippen molar-refractivity contribution in [1.29, 1.82) is 0 Å². The van der Waals surface area contributed by atoms with Gasteiger partial charge in [-0.2, -0.15) is 0 Å². The van der Waals surface area contributed by atoms with Gasteiger partial charge < -0.3 is 25.0 Å². The normalized spacial score (nSPS) is 18.4. The largest absolute Gasteiger partial charge is 0.508 e. The number of hydrogen-bond acceptors (Lipinski definition) is 8. The molecule has 4 amide bonds. The number of benzene rings is 2. The molecule has 0 aliphatic carbocycles. The van der Waals surface area contributed by atoms with Crippen LogP contribution in [-0.2, 0) is 33.8 Å². The summed E-state index contributed by atoms with van der Waals surface area (Å²) in [5.41, 5.74) is 2.21. The molecule has 12 heteroatoms. The van der Waals surface area contributed by atoms with Crippen LogP contribution in [0, 0.1) is 0 Å². The summed E-state index contributed by atoms with van der Waals surface area (Å²) in [7, 11) is 0. The standard InChI is InChI=1S/C33H36N6O6/c1-3-17-37-22-30(41)38-28(18-23-13-15-26(40)16-14-23)31(42)36(20-25-11-8-12-27(35-25)32(43)45-4-2)21-29(38)39(37)33(44)34-19-24-9-6-5-7-10-24/h3,5-16,28-29,40H,1,4,17-22H2,2H3,(H,34,44)/t28-,29-/m0/s1. The minimum absolute atomic E-state index is 0.00830. The maximum Gasteiger partial charge on any atom is 0.356 e. The number of nitrogens with one attached hydrogen (secondary N) is 1. The lowest BCUT2D eigenvalue weighted by atomic mass is 9.98. The molecule has 3 heterocycles. The van der Waals surface area contributed by atoms with Crippen LogP contribution in [0.25, 0.3) is 0 Å². The Hall–Kier alpha value is -5.23. The third-order valence-electron chi connectivity index (χ3n) is 7.67.